The summed E-state index contributed by atoms with van der Waals surface area (Å²) in [7, 11) is 0. The number of hydrogen-bond donors (Lipinski definition) is 4. The van der Waals surface area contributed by atoms with Gasteiger partial charge < -0.3 is 25.7 Å². The van der Waals surface area contributed by atoms with Gasteiger partial charge in [0.05, 0.1) is 13.1 Å². The van der Waals surface area contributed by atoms with Crippen LogP contribution in [0.25, 0.3) is 0 Å². The summed E-state index contributed by atoms with van der Waals surface area (Å²) >= 11 is 0. The van der Waals surface area contributed by atoms with Crippen LogP contribution >= 0.6 is 0 Å². The third-order valence-electron chi connectivity index (χ3n) is 5.44. The zero-order chi connectivity index (χ0) is 21.0. The highest BCUT2D eigenvalue weighted by molar-refractivity contribution is 5.84. The van der Waals surface area contributed by atoms with Crippen molar-refractivity contribution in [3.63, 3.8) is 0 Å². The molecule has 1 aromatic rings. The van der Waals surface area contributed by atoms with Gasteiger partial charge in [-0.1, -0.05) is 6.07 Å². The number of carbonyl (C=O) groups excluding carboxylic acids is 2. The quantitative estimate of drug-likeness (QED) is 0.459. The lowest BCUT2D eigenvalue weighted by atomic mass is 9.85. The maximum atomic E-state index is 12.3. The van der Waals surface area contributed by atoms with Gasteiger partial charge in [0.1, 0.15) is 11.4 Å². The monoisotopic (exact) mass is 404 g/mol. The third-order valence-corrected chi connectivity index (χ3v) is 5.44. The number of amides is 2. The van der Waals surface area contributed by atoms with Crippen molar-refractivity contribution in [2.24, 2.45) is 0 Å². The van der Waals surface area contributed by atoms with E-state index in [0.29, 0.717) is 12.8 Å². The molecule has 9 nitrogen and oxygen atoms in total. The molecule has 2 aliphatic heterocycles. The number of carboxylic acids is 1. The standard InChI is InChI=1S/C20H28N4O5/c1-13(25)22-17(19(27)28)20(29)11-24(12-20)16(26)7-3-2-6-15-9-8-14-5-4-10-21-18(14)23-15/h8-9,17,29H,2-7,10-12H2,1H3,(H,21,23)(H,22,25)(H,27,28). The number of carboxylic acid groups (broad SMARTS) is 1. The Morgan fingerprint density at radius 3 is 2.76 bits per heavy atom. The molecule has 1 unspecified atom stereocenters. The molecule has 1 fully saturated rings. The molecule has 0 saturated carbocycles. The molecule has 4 N–H and O–H groups in total. The van der Waals surface area contributed by atoms with Gasteiger partial charge in [-0.05, 0) is 43.7 Å². The molecule has 158 valence electrons. The molecule has 2 aliphatic rings. The molecule has 0 aromatic carbocycles. The molecule has 0 bridgehead atoms. The van der Waals surface area contributed by atoms with Crippen LogP contribution in [-0.2, 0) is 27.2 Å². The minimum Gasteiger partial charge on any atom is -0.480 e. The number of β-amino-alcohol motifs (C(OH)–C–C–N with tert-alkyl or cyclic N) is 1. The van der Waals surface area contributed by atoms with E-state index < -0.39 is 23.5 Å². The van der Waals surface area contributed by atoms with Crippen LogP contribution in [0, 0.1) is 0 Å². The van der Waals surface area contributed by atoms with Crippen LogP contribution in [0.5, 0.6) is 0 Å². The van der Waals surface area contributed by atoms with Crippen LogP contribution in [0.15, 0.2) is 12.1 Å². The van der Waals surface area contributed by atoms with Gasteiger partial charge in [0, 0.05) is 25.6 Å². The van der Waals surface area contributed by atoms with Gasteiger partial charge in [0.2, 0.25) is 11.8 Å². The van der Waals surface area contributed by atoms with E-state index >= 15 is 0 Å². The fraction of sp³-hybridized carbons (Fsp3) is 0.600. The largest absolute Gasteiger partial charge is 0.480 e. The first-order valence-corrected chi connectivity index (χ1v) is 10.0. The summed E-state index contributed by atoms with van der Waals surface area (Å²) in [5, 5.41) is 25.2. The van der Waals surface area contributed by atoms with E-state index in [1.165, 1.54) is 17.4 Å². The average molecular weight is 404 g/mol. The first-order valence-electron chi connectivity index (χ1n) is 10.0. The summed E-state index contributed by atoms with van der Waals surface area (Å²) in [4.78, 5) is 40.8. The summed E-state index contributed by atoms with van der Waals surface area (Å²) in [6.07, 6.45) is 4.80. The van der Waals surface area contributed by atoms with Crippen LogP contribution in [0.3, 0.4) is 0 Å². The first kappa shape index (κ1) is 21.0. The lowest BCUT2D eigenvalue weighted by Gasteiger charge is -2.49. The van der Waals surface area contributed by atoms with Crippen molar-refractivity contribution in [2.45, 2.75) is 57.1 Å². The lowest BCUT2D eigenvalue weighted by molar-refractivity contribution is -0.174. The van der Waals surface area contributed by atoms with Crippen LogP contribution in [0.1, 0.15) is 43.9 Å². The Bertz CT molecular complexity index is 791. The van der Waals surface area contributed by atoms with Crippen LogP contribution in [0.2, 0.25) is 0 Å². The topological polar surface area (TPSA) is 132 Å². The second-order valence-electron chi connectivity index (χ2n) is 7.87. The maximum Gasteiger partial charge on any atom is 0.329 e. The highest BCUT2D eigenvalue weighted by atomic mass is 16.4. The van der Waals surface area contributed by atoms with Crippen molar-refractivity contribution in [3.05, 3.63) is 23.4 Å². The molecule has 29 heavy (non-hydrogen) atoms. The Morgan fingerprint density at radius 2 is 2.07 bits per heavy atom. The van der Waals surface area contributed by atoms with Gasteiger partial charge in [-0.25, -0.2) is 9.78 Å². The second kappa shape index (κ2) is 8.77. The van der Waals surface area contributed by atoms with Crippen molar-refractivity contribution in [2.75, 3.05) is 25.0 Å². The van der Waals surface area contributed by atoms with E-state index in [2.05, 4.69) is 21.7 Å². The molecule has 1 aromatic heterocycles. The molecule has 1 saturated heterocycles. The summed E-state index contributed by atoms with van der Waals surface area (Å²) in [5.41, 5.74) is 0.621. The Balaban J connectivity index is 1.41. The van der Waals surface area contributed by atoms with Crippen molar-refractivity contribution in [1.82, 2.24) is 15.2 Å². The number of aryl methyl sites for hydroxylation is 2. The van der Waals surface area contributed by atoms with Gasteiger partial charge in [-0.15, -0.1) is 0 Å². The number of nitrogens with one attached hydrogen (secondary N) is 2. The zero-order valence-corrected chi connectivity index (χ0v) is 16.6. The number of likely N-dealkylation sites (tertiary alicyclic amines) is 1. The fourth-order valence-corrected chi connectivity index (χ4v) is 3.85. The van der Waals surface area contributed by atoms with Gasteiger partial charge in [0.25, 0.3) is 0 Å². The van der Waals surface area contributed by atoms with Gasteiger partial charge >= 0.3 is 5.97 Å². The molecule has 3 heterocycles. The number of unbranched alkanes of at least 4 members (excludes halogenated alkanes) is 1. The molecular formula is C20H28N4O5. The van der Waals surface area contributed by atoms with Gasteiger partial charge in [-0.3, -0.25) is 9.59 Å². The Hall–Kier alpha value is -2.68. The Labute approximate surface area is 169 Å². The number of pyridine rings is 1. The highest BCUT2D eigenvalue weighted by Crippen LogP contribution is 2.26. The van der Waals surface area contributed by atoms with Gasteiger partial charge in [0.15, 0.2) is 6.04 Å². The molecule has 2 amide bonds. The van der Waals surface area contributed by atoms with E-state index in [1.807, 2.05) is 6.07 Å². The maximum absolute atomic E-state index is 12.3. The van der Waals surface area contributed by atoms with Crippen LogP contribution in [-0.4, -0.2) is 69.2 Å². The smallest absolute Gasteiger partial charge is 0.329 e. The second-order valence-corrected chi connectivity index (χ2v) is 7.87. The lowest BCUT2D eigenvalue weighted by Crippen LogP contribution is -2.73. The molecular weight excluding hydrogens is 376 g/mol. The average Bonchev–Trinajstić information content (AvgIpc) is 2.66. The number of hydrogen-bond acceptors (Lipinski definition) is 6. The van der Waals surface area contributed by atoms with Crippen molar-refractivity contribution >= 4 is 23.6 Å². The third kappa shape index (κ3) is 5.03. The van der Waals surface area contributed by atoms with Crippen molar-refractivity contribution in [1.29, 1.82) is 0 Å². The van der Waals surface area contributed by atoms with Crippen LogP contribution < -0.4 is 10.6 Å². The number of aliphatic carboxylic acids is 1. The van der Waals surface area contributed by atoms with Crippen molar-refractivity contribution < 1.29 is 24.6 Å². The van der Waals surface area contributed by atoms with E-state index in [0.717, 1.165) is 43.7 Å². The number of fused-ring (bicyclic) bond motifs is 1. The minimum atomic E-state index is -1.63. The molecule has 1 atom stereocenters. The number of rotatable bonds is 8. The zero-order valence-electron chi connectivity index (χ0n) is 16.6. The Morgan fingerprint density at radius 1 is 1.31 bits per heavy atom. The number of nitrogens with zero attached hydrogens (tertiary/aromatic N) is 2. The first-order chi connectivity index (χ1) is 13.8. The van der Waals surface area contributed by atoms with E-state index in [4.69, 9.17) is 0 Å². The normalized spacial score (nSPS) is 18.1. The number of aromatic nitrogens is 1. The van der Waals surface area contributed by atoms with Crippen LogP contribution in [0.4, 0.5) is 5.82 Å². The van der Waals surface area contributed by atoms with Crippen molar-refractivity contribution in [3.8, 4) is 0 Å². The Kier molecular flexibility index (Phi) is 6.36. The summed E-state index contributed by atoms with van der Waals surface area (Å²) in [5.74, 6) is -1.01. The molecule has 0 spiro atoms. The molecule has 0 radical (unpaired) electrons. The molecule has 0 aliphatic carbocycles. The number of carbonyl (C=O) groups is 3. The summed E-state index contributed by atoms with van der Waals surface area (Å²) in [6, 6.07) is 2.73. The SMILES string of the molecule is CC(=O)NC(C(=O)O)C1(O)CN(C(=O)CCCCc2ccc3c(n2)NCCC3)C1. The molecule has 3 rings (SSSR count). The summed E-state index contributed by atoms with van der Waals surface area (Å²) < 4.78 is 0. The van der Waals surface area contributed by atoms with E-state index in [9.17, 15) is 24.6 Å². The highest BCUT2D eigenvalue weighted by Gasteiger charge is 2.52. The van der Waals surface area contributed by atoms with Gasteiger partial charge in [-0.2, -0.15) is 0 Å². The minimum absolute atomic E-state index is 0.0961. The predicted octanol–water partition coefficient (Wildman–Crippen LogP) is 0.315. The fourth-order valence-electron chi connectivity index (χ4n) is 3.85. The molecule has 9 heteroatoms. The predicted molar refractivity (Wildman–Crippen MR) is 105 cm³/mol. The van der Waals surface area contributed by atoms with E-state index in [1.54, 1.807) is 0 Å². The van der Waals surface area contributed by atoms with E-state index in [-0.39, 0.29) is 19.0 Å². The number of aliphatic hydroxyl groups is 1. The number of anilines is 1. The summed E-state index contributed by atoms with van der Waals surface area (Å²) in [6.45, 7) is 1.95.